The Hall–Kier alpha value is 0.130. The lowest BCUT2D eigenvalue weighted by molar-refractivity contribution is -0.0911. The van der Waals surface area contributed by atoms with Gasteiger partial charge < -0.3 is 0 Å². The Morgan fingerprint density at radius 2 is 1.29 bits per heavy atom. The Kier molecular flexibility index (Phi) is 1.89. The van der Waals surface area contributed by atoms with Crippen LogP contribution in [0.15, 0.2) is 0 Å². The molecule has 0 aromatic rings. The lowest BCUT2D eigenvalue weighted by Crippen LogP contribution is -2.51. The smallest absolute Gasteiger partial charge is 0.0755 e. The van der Waals surface area contributed by atoms with Gasteiger partial charge in [-0.25, -0.2) is 0 Å². The maximum Gasteiger partial charge on any atom is 0.102 e. The molecule has 0 aromatic carbocycles. The van der Waals surface area contributed by atoms with Gasteiger partial charge in [0.05, 0.1) is 0 Å². The molecule has 0 heterocycles. The molecule has 0 aromatic heterocycles. The Morgan fingerprint density at radius 3 is 1.64 bits per heavy atom. The third-order valence-corrected chi connectivity index (χ3v) is 5.80. The molecule has 4 aliphatic carbocycles. The van der Waals surface area contributed by atoms with Crippen LogP contribution in [-0.4, -0.2) is 15.7 Å². The highest BCUT2D eigenvalue weighted by Crippen LogP contribution is 2.67. The van der Waals surface area contributed by atoms with Gasteiger partial charge in [-0.2, -0.15) is 0 Å². The van der Waals surface area contributed by atoms with E-state index >= 15 is 0 Å². The van der Waals surface area contributed by atoms with Crippen LogP contribution < -0.4 is 0 Å². The summed E-state index contributed by atoms with van der Waals surface area (Å²) in [6, 6.07) is 0. The van der Waals surface area contributed by atoms with Gasteiger partial charge in [-0.15, -0.1) is 0 Å². The second kappa shape index (κ2) is 2.83. The van der Waals surface area contributed by atoms with E-state index in [1.807, 2.05) is 0 Å². The monoisotopic (exact) mass is 188 g/mol. The molecular weight excluding hydrogens is 166 g/mol. The minimum Gasteiger partial charge on any atom is -0.0755 e. The Labute approximate surface area is 90.0 Å². The molecule has 0 spiro atoms. The number of rotatable bonds is 2. The highest BCUT2D eigenvalue weighted by molar-refractivity contribution is 6.09. The van der Waals surface area contributed by atoms with Crippen molar-refractivity contribution in [3.63, 3.8) is 0 Å². The molecule has 76 valence electrons. The molecule has 0 saturated heterocycles. The van der Waals surface area contributed by atoms with Crippen LogP contribution in [-0.2, 0) is 0 Å². The van der Waals surface area contributed by atoms with Gasteiger partial charge in [-0.3, -0.25) is 0 Å². The van der Waals surface area contributed by atoms with Crippen LogP contribution in [0.4, 0.5) is 0 Å². The van der Waals surface area contributed by atoms with Crippen LogP contribution in [0.1, 0.15) is 38.5 Å². The molecule has 0 nitrogen and oxygen atoms in total. The normalized spacial score (nSPS) is 55.1. The predicted molar refractivity (Wildman–Crippen MR) is 66.3 cm³/mol. The number of hydrogen-bond donors (Lipinski definition) is 0. The van der Waals surface area contributed by atoms with Crippen molar-refractivity contribution in [1.29, 1.82) is 0 Å². The molecule has 0 atom stereocenters. The van der Waals surface area contributed by atoms with Crippen LogP contribution in [0.3, 0.4) is 0 Å². The molecule has 0 aliphatic heterocycles. The summed E-state index contributed by atoms with van der Waals surface area (Å²) in [4.78, 5) is 0. The van der Waals surface area contributed by atoms with E-state index in [4.69, 9.17) is 0 Å². The molecule has 0 amide bonds. The summed E-state index contributed by atoms with van der Waals surface area (Å²) in [7, 11) is 4.88. The quantitative estimate of drug-likeness (QED) is 0.578. The molecule has 4 bridgehead atoms. The topological polar surface area (TPSA) is 0 Å². The van der Waals surface area contributed by atoms with Crippen molar-refractivity contribution in [2.24, 2.45) is 22.7 Å². The largest absolute Gasteiger partial charge is 0.102 e. The minimum absolute atomic E-state index is 0.806. The zero-order chi connectivity index (χ0) is 9.81. The predicted octanol–water partition coefficient (Wildman–Crippen LogP) is 1.68. The van der Waals surface area contributed by atoms with Crippen LogP contribution in [0.25, 0.3) is 0 Å². The van der Waals surface area contributed by atoms with E-state index in [1.165, 1.54) is 12.6 Å². The van der Waals surface area contributed by atoms with Crippen LogP contribution in [0, 0.1) is 22.7 Å². The third-order valence-electron chi connectivity index (χ3n) is 5.80. The first kappa shape index (κ1) is 9.36. The molecule has 4 saturated carbocycles. The second-order valence-corrected chi connectivity index (χ2v) is 6.67. The summed E-state index contributed by atoms with van der Waals surface area (Å²) in [6.45, 7) is 0. The fourth-order valence-corrected chi connectivity index (χ4v) is 5.48. The average Bonchev–Trinajstić information content (AvgIpc) is 2.16. The maximum absolute atomic E-state index is 2.44. The first-order valence-corrected chi connectivity index (χ1v) is 6.69. The highest BCUT2D eigenvalue weighted by Gasteiger charge is 2.55. The van der Waals surface area contributed by atoms with Gasteiger partial charge in [-0.1, -0.05) is 12.6 Å². The fraction of sp³-hybridized carbons (Fsp3) is 1.00. The second-order valence-electron chi connectivity index (χ2n) is 6.67. The van der Waals surface area contributed by atoms with Crippen molar-refractivity contribution in [3.05, 3.63) is 0 Å². The van der Waals surface area contributed by atoms with E-state index in [0.29, 0.717) is 0 Å². The third kappa shape index (κ3) is 1.15. The van der Waals surface area contributed by atoms with Crippen molar-refractivity contribution >= 4 is 15.7 Å². The zero-order valence-electron chi connectivity index (χ0n) is 9.81. The van der Waals surface area contributed by atoms with Gasteiger partial charge in [0.2, 0.25) is 0 Å². The lowest BCUT2D eigenvalue weighted by atomic mass is 9.40. The Bertz CT molecular complexity index is 213. The molecule has 14 heavy (non-hydrogen) atoms. The zero-order valence-corrected chi connectivity index (χ0v) is 9.81. The standard InChI is InChI=1S/C12H22B2/c13-7-11-2-9-1-10(4-11)5-12(3-9,6-11)8-14/h9-10H,1-8,13-14H2. The number of hydrogen-bond acceptors (Lipinski definition) is 0. The van der Waals surface area contributed by atoms with E-state index in [0.717, 1.165) is 22.7 Å². The van der Waals surface area contributed by atoms with Gasteiger partial charge in [-0.05, 0) is 61.2 Å². The Morgan fingerprint density at radius 1 is 0.857 bits per heavy atom. The first-order chi connectivity index (χ1) is 6.69. The molecule has 4 fully saturated rings. The summed E-state index contributed by atoms with van der Waals surface area (Å²) in [5.74, 6) is 2.24. The van der Waals surface area contributed by atoms with E-state index in [9.17, 15) is 0 Å². The minimum atomic E-state index is 0.806. The summed E-state index contributed by atoms with van der Waals surface area (Å²) < 4.78 is 0. The van der Waals surface area contributed by atoms with E-state index < -0.39 is 0 Å². The molecule has 4 rings (SSSR count). The van der Waals surface area contributed by atoms with Gasteiger partial charge in [0, 0.05) is 0 Å². The molecule has 0 N–H and O–H groups in total. The molecule has 0 radical (unpaired) electrons. The molecule has 0 unspecified atom stereocenters. The lowest BCUT2D eigenvalue weighted by Gasteiger charge is -2.62. The van der Waals surface area contributed by atoms with E-state index in [-0.39, 0.29) is 0 Å². The SMILES string of the molecule is BCC12CC3CC(C1)CC(CB)(C3)C2. The van der Waals surface area contributed by atoms with Gasteiger partial charge in [0.15, 0.2) is 0 Å². The van der Waals surface area contributed by atoms with Gasteiger partial charge >= 0.3 is 0 Å². The van der Waals surface area contributed by atoms with Crippen molar-refractivity contribution < 1.29 is 0 Å². The molecule has 2 heteroatoms. The summed E-state index contributed by atoms with van der Waals surface area (Å²) in [5.41, 5.74) is 1.61. The molecule has 4 aliphatic rings. The van der Waals surface area contributed by atoms with Crippen molar-refractivity contribution in [1.82, 2.24) is 0 Å². The van der Waals surface area contributed by atoms with Crippen molar-refractivity contribution in [3.8, 4) is 0 Å². The summed E-state index contributed by atoms with van der Waals surface area (Å²) in [5, 5.41) is 0. The fourth-order valence-electron chi connectivity index (χ4n) is 5.48. The summed E-state index contributed by atoms with van der Waals surface area (Å²) in [6.07, 6.45) is 12.4. The van der Waals surface area contributed by atoms with E-state index in [2.05, 4.69) is 15.7 Å². The molecular formula is C12H22B2. The highest BCUT2D eigenvalue weighted by atomic mass is 14.6. The van der Waals surface area contributed by atoms with Crippen molar-refractivity contribution in [2.45, 2.75) is 51.2 Å². The average molecular weight is 188 g/mol. The first-order valence-electron chi connectivity index (χ1n) is 6.69. The summed E-state index contributed by atoms with van der Waals surface area (Å²) >= 11 is 0. The van der Waals surface area contributed by atoms with E-state index in [1.54, 1.807) is 38.5 Å². The van der Waals surface area contributed by atoms with Gasteiger partial charge in [0.1, 0.15) is 15.7 Å². The van der Waals surface area contributed by atoms with Crippen LogP contribution in [0.2, 0.25) is 12.6 Å². The maximum atomic E-state index is 2.44. The van der Waals surface area contributed by atoms with Gasteiger partial charge in [0.25, 0.3) is 0 Å². The van der Waals surface area contributed by atoms with Crippen LogP contribution >= 0.6 is 0 Å². The Balaban J connectivity index is 1.94. The van der Waals surface area contributed by atoms with Crippen LogP contribution in [0.5, 0.6) is 0 Å². The van der Waals surface area contributed by atoms with Crippen molar-refractivity contribution in [2.75, 3.05) is 0 Å².